The van der Waals surface area contributed by atoms with Crippen LogP contribution in [-0.2, 0) is 4.74 Å². The van der Waals surface area contributed by atoms with E-state index in [0.29, 0.717) is 24.5 Å². The molecule has 19 heavy (non-hydrogen) atoms. The van der Waals surface area contributed by atoms with E-state index in [1.165, 1.54) is 26.4 Å². The predicted molar refractivity (Wildman–Crippen MR) is 66.1 cm³/mol. The van der Waals surface area contributed by atoms with Gasteiger partial charge in [-0.25, -0.2) is 8.78 Å². The number of methoxy groups -OCH3 is 2. The molecule has 0 saturated carbocycles. The van der Waals surface area contributed by atoms with Crippen LogP contribution in [0.2, 0.25) is 0 Å². The van der Waals surface area contributed by atoms with Crippen molar-refractivity contribution in [3.05, 3.63) is 23.3 Å². The van der Waals surface area contributed by atoms with Crippen LogP contribution in [0.5, 0.6) is 11.5 Å². The maximum atomic E-state index is 13.0. The van der Waals surface area contributed by atoms with Crippen LogP contribution < -0.4 is 14.8 Å². The number of hydrogen-bond donors (Lipinski definition) is 1. The molecule has 1 unspecified atom stereocenters. The number of ether oxygens (including phenoxy) is 3. The zero-order valence-corrected chi connectivity index (χ0v) is 10.9. The molecule has 1 aromatic rings. The minimum absolute atomic E-state index is 0.124. The monoisotopic (exact) mass is 273 g/mol. The third kappa shape index (κ3) is 2.96. The fourth-order valence-corrected chi connectivity index (χ4v) is 2.14. The molecular weight excluding hydrogens is 256 g/mol. The molecule has 1 aliphatic rings. The van der Waals surface area contributed by atoms with Crippen LogP contribution in [0, 0.1) is 0 Å². The topological polar surface area (TPSA) is 39.7 Å². The lowest BCUT2D eigenvalue weighted by atomic mass is 10.0. The first kappa shape index (κ1) is 14.0. The van der Waals surface area contributed by atoms with Crippen LogP contribution in [-0.4, -0.2) is 33.9 Å². The lowest BCUT2D eigenvalue weighted by Crippen LogP contribution is -2.33. The number of benzene rings is 1. The quantitative estimate of drug-likeness (QED) is 0.913. The Balaban J connectivity index is 2.42. The molecule has 1 fully saturated rings. The second kappa shape index (κ2) is 6.16. The van der Waals surface area contributed by atoms with Crippen molar-refractivity contribution in [3.63, 3.8) is 0 Å². The van der Waals surface area contributed by atoms with E-state index in [0.717, 1.165) is 6.54 Å². The molecule has 1 heterocycles. The van der Waals surface area contributed by atoms with Gasteiger partial charge in [0.25, 0.3) is 6.43 Å². The SMILES string of the molecule is COc1cc(OC)c(C2CNCCO2)cc1C(F)F. The second-order valence-corrected chi connectivity index (χ2v) is 4.20. The first-order chi connectivity index (χ1) is 9.17. The Labute approximate surface area is 110 Å². The average Bonchev–Trinajstić information content (AvgIpc) is 2.46. The van der Waals surface area contributed by atoms with Crippen LogP contribution in [0.1, 0.15) is 23.7 Å². The third-order valence-corrected chi connectivity index (χ3v) is 3.09. The molecule has 0 spiro atoms. The summed E-state index contributed by atoms with van der Waals surface area (Å²) in [5.74, 6) is 0.620. The molecular formula is C13H17F2NO3. The highest BCUT2D eigenvalue weighted by Crippen LogP contribution is 2.38. The van der Waals surface area contributed by atoms with Gasteiger partial charge >= 0.3 is 0 Å². The number of alkyl halides is 2. The van der Waals surface area contributed by atoms with E-state index in [-0.39, 0.29) is 17.4 Å². The molecule has 0 amide bonds. The lowest BCUT2D eigenvalue weighted by Gasteiger charge is -2.26. The predicted octanol–water partition coefficient (Wildman–Crippen LogP) is 2.30. The Kier molecular flexibility index (Phi) is 4.55. The van der Waals surface area contributed by atoms with Crippen molar-refractivity contribution >= 4 is 0 Å². The van der Waals surface area contributed by atoms with Gasteiger partial charge in [0.05, 0.1) is 32.5 Å². The van der Waals surface area contributed by atoms with E-state index in [9.17, 15) is 8.78 Å². The summed E-state index contributed by atoms with van der Waals surface area (Å²) in [6, 6.07) is 2.88. The van der Waals surface area contributed by atoms with Crippen LogP contribution in [0.15, 0.2) is 12.1 Å². The molecule has 1 aliphatic heterocycles. The Morgan fingerprint density at radius 3 is 2.53 bits per heavy atom. The molecule has 1 atom stereocenters. The summed E-state index contributed by atoms with van der Waals surface area (Å²) < 4.78 is 41.8. The Morgan fingerprint density at radius 1 is 1.26 bits per heavy atom. The molecule has 1 N–H and O–H groups in total. The van der Waals surface area contributed by atoms with Gasteiger partial charge in [0.1, 0.15) is 11.5 Å². The molecule has 6 heteroatoms. The fraction of sp³-hybridized carbons (Fsp3) is 0.538. The van der Waals surface area contributed by atoms with Gasteiger partial charge in [-0.3, -0.25) is 0 Å². The average molecular weight is 273 g/mol. The van der Waals surface area contributed by atoms with E-state index >= 15 is 0 Å². The van der Waals surface area contributed by atoms with Crippen molar-refractivity contribution in [2.45, 2.75) is 12.5 Å². The van der Waals surface area contributed by atoms with E-state index in [4.69, 9.17) is 14.2 Å². The largest absolute Gasteiger partial charge is 0.496 e. The van der Waals surface area contributed by atoms with Crippen molar-refractivity contribution in [3.8, 4) is 11.5 Å². The van der Waals surface area contributed by atoms with Crippen molar-refractivity contribution in [1.29, 1.82) is 0 Å². The first-order valence-corrected chi connectivity index (χ1v) is 6.03. The number of halogens is 2. The third-order valence-electron chi connectivity index (χ3n) is 3.09. The Bertz CT molecular complexity index is 434. The maximum Gasteiger partial charge on any atom is 0.267 e. The van der Waals surface area contributed by atoms with Crippen LogP contribution in [0.25, 0.3) is 0 Å². The molecule has 0 bridgehead atoms. The van der Waals surface area contributed by atoms with Crippen LogP contribution in [0.3, 0.4) is 0 Å². The Hall–Kier alpha value is -1.40. The normalized spacial score (nSPS) is 19.5. The van der Waals surface area contributed by atoms with Gasteiger partial charge in [0.2, 0.25) is 0 Å². The minimum Gasteiger partial charge on any atom is -0.496 e. The summed E-state index contributed by atoms with van der Waals surface area (Å²) >= 11 is 0. The van der Waals surface area contributed by atoms with Crippen molar-refractivity contribution in [2.75, 3.05) is 33.9 Å². The summed E-state index contributed by atoms with van der Waals surface area (Å²) in [5.41, 5.74) is 0.471. The van der Waals surface area contributed by atoms with Crippen LogP contribution >= 0.6 is 0 Å². The molecule has 2 rings (SSSR count). The highest BCUT2D eigenvalue weighted by Gasteiger charge is 2.24. The lowest BCUT2D eigenvalue weighted by molar-refractivity contribution is 0.0259. The highest BCUT2D eigenvalue weighted by molar-refractivity contribution is 5.48. The maximum absolute atomic E-state index is 13.0. The van der Waals surface area contributed by atoms with Crippen LogP contribution in [0.4, 0.5) is 8.78 Å². The molecule has 0 radical (unpaired) electrons. The van der Waals surface area contributed by atoms with E-state index in [2.05, 4.69) is 5.32 Å². The van der Waals surface area contributed by atoms with Gasteiger partial charge < -0.3 is 19.5 Å². The minimum atomic E-state index is -2.60. The van der Waals surface area contributed by atoms with Gasteiger partial charge in [-0.05, 0) is 6.07 Å². The zero-order valence-electron chi connectivity index (χ0n) is 10.9. The van der Waals surface area contributed by atoms with Crippen molar-refractivity contribution in [2.24, 2.45) is 0 Å². The summed E-state index contributed by atoms with van der Waals surface area (Å²) in [5, 5.41) is 3.16. The summed E-state index contributed by atoms with van der Waals surface area (Å²) in [4.78, 5) is 0. The van der Waals surface area contributed by atoms with E-state index < -0.39 is 6.43 Å². The van der Waals surface area contributed by atoms with Gasteiger partial charge in [0, 0.05) is 24.7 Å². The summed E-state index contributed by atoms with van der Waals surface area (Å²) in [6.45, 7) is 1.88. The van der Waals surface area contributed by atoms with Gasteiger partial charge in [-0.1, -0.05) is 0 Å². The molecule has 0 aromatic heterocycles. The molecule has 1 aromatic carbocycles. The Morgan fingerprint density at radius 2 is 2.00 bits per heavy atom. The molecule has 106 valence electrons. The number of morpholine rings is 1. The van der Waals surface area contributed by atoms with Crippen molar-refractivity contribution < 1.29 is 23.0 Å². The van der Waals surface area contributed by atoms with E-state index in [1.807, 2.05) is 0 Å². The number of nitrogens with one attached hydrogen (secondary N) is 1. The standard InChI is InChI=1S/C13H17F2NO3/c1-17-10-6-11(18-2)9(13(14)15)5-8(10)12-7-16-3-4-19-12/h5-6,12-13,16H,3-4,7H2,1-2H3. The molecule has 0 aliphatic carbocycles. The zero-order chi connectivity index (χ0) is 13.8. The number of rotatable bonds is 4. The first-order valence-electron chi connectivity index (χ1n) is 6.03. The second-order valence-electron chi connectivity index (χ2n) is 4.20. The summed E-state index contributed by atoms with van der Waals surface area (Å²) in [6.07, 6.45) is -2.89. The molecule has 4 nitrogen and oxygen atoms in total. The van der Waals surface area contributed by atoms with Gasteiger partial charge in [-0.2, -0.15) is 0 Å². The smallest absolute Gasteiger partial charge is 0.267 e. The highest BCUT2D eigenvalue weighted by atomic mass is 19.3. The van der Waals surface area contributed by atoms with Gasteiger partial charge in [-0.15, -0.1) is 0 Å². The summed E-state index contributed by atoms with van der Waals surface area (Å²) in [7, 11) is 2.86. The fourth-order valence-electron chi connectivity index (χ4n) is 2.14. The van der Waals surface area contributed by atoms with Crippen molar-refractivity contribution in [1.82, 2.24) is 5.32 Å². The van der Waals surface area contributed by atoms with Gasteiger partial charge in [0.15, 0.2) is 0 Å². The molecule has 1 saturated heterocycles. The van der Waals surface area contributed by atoms with E-state index in [1.54, 1.807) is 0 Å². The number of hydrogen-bond acceptors (Lipinski definition) is 4.